The summed E-state index contributed by atoms with van der Waals surface area (Å²) in [6, 6.07) is 8.61. The number of imidazole rings is 1. The molecule has 1 aliphatic heterocycles. The summed E-state index contributed by atoms with van der Waals surface area (Å²) in [5, 5.41) is 6.68. The molecule has 7 nitrogen and oxygen atoms in total. The summed E-state index contributed by atoms with van der Waals surface area (Å²) < 4.78 is 0. The minimum Gasteiger partial charge on any atom is -0.352 e. The monoisotopic (exact) mass is 468 g/mol. The normalized spacial score (nSPS) is 15.9. The van der Waals surface area contributed by atoms with Gasteiger partial charge in [0.05, 0.1) is 6.54 Å². The molecule has 2 heterocycles. The Labute approximate surface area is 205 Å². The Balaban J connectivity index is 1.43. The number of carbonyl (C=O) groups excluding carboxylic acids is 1. The van der Waals surface area contributed by atoms with Crippen LogP contribution in [0, 0.1) is 0 Å². The van der Waals surface area contributed by atoms with E-state index >= 15 is 0 Å². The fourth-order valence-electron chi connectivity index (χ4n) is 4.76. The summed E-state index contributed by atoms with van der Waals surface area (Å²) in [6.45, 7) is 12.4. The van der Waals surface area contributed by atoms with Crippen LogP contribution in [0.25, 0.3) is 0 Å². The van der Waals surface area contributed by atoms with E-state index in [0.717, 1.165) is 63.5 Å². The third kappa shape index (κ3) is 9.20. The lowest BCUT2D eigenvalue weighted by Crippen LogP contribution is -2.37. The fraction of sp³-hybridized carbons (Fsp3) is 0.630. The molecule has 0 saturated carbocycles. The van der Waals surface area contributed by atoms with Crippen molar-refractivity contribution in [2.75, 3.05) is 39.3 Å². The highest BCUT2D eigenvalue weighted by Gasteiger charge is 2.19. The minimum absolute atomic E-state index is 0.0214. The SMILES string of the molecule is CCCN(CCC)CCCCNC(=O)c1ccc(CN(Cc2ncc[nH]2)C[C@H]2CCCN2)cc1. The van der Waals surface area contributed by atoms with E-state index in [9.17, 15) is 4.79 Å². The molecule has 0 bridgehead atoms. The standard InChI is InChI=1S/C27H44N6O/c1-3-17-32(18-4-2)19-6-5-13-31-27(34)24-11-9-23(10-12-24)20-33(21-25-8-7-14-28-25)22-26-29-15-16-30-26/h9-12,15-16,25,28H,3-8,13-14,17-22H2,1-2H3,(H,29,30)(H,31,34)/t25-/m1/s1. The second kappa shape index (κ2) is 14.9. The first kappa shape index (κ1) is 26.4. The van der Waals surface area contributed by atoms with E-state index in [1.54, 1.807) is 6.20 Å². The van der Waals surface area contributed by atoms with Crippen molar-refractivity contribution in [2.24, 2.45) is 0 Å². The number of benzene rings is 1. The molecule has 7 heteroatoms. The Kier molecular flexibility index (Phi) is 11.6. The van der Waals surface area contributed by atoms with Crippen molar-refractivity contribution >= 4 is 5.91 Å². The molecule has 1 aromatic carbocycles. The van der Waals surface area contributed by atoms with Crippen LogP contribution in [0.2, 0.25) is 0 Å². The first-order valence-corrected chi connectivity index (χ1v) is 13.2. The summed E-state index contributed by atoms with van der Waals surface area (Å²) in [7, 11) is 0. The van der Waals surface area contributed by atoms with E-state index in [1.807, 2.05) is 18.3 Å². The molecule has 1 amide bonds. The lowest BCUT2D eigenvalue weighted by Gasteiger charge is -2.25. The maximum Gasteiger partial charge on any atom is 0.251 e. The molecule has 1 fully saturated rings. The van der Waals surface area contributed by atoms with Gasteiger partial charge in [-0.25, -0.2) is 4.98 Å². The van der Waals surface area contributed by atoms with Crippen molar-refractivity contribution in [3.63, 3.8) is 0 Å². The molecule has 1 saturated heterocycles. The highest BCUT2D eigenvalue weighted by molar-refractivity contribution is 5.94. The Morgan fingerprint density at radius 3 is 2.50 bits per heavy atom. The smallest absolute Gasteiger partial charge is 0.251 e. The molecule has 3 rings (SSSR count). The summed E-state index contributed by atoms with van der Waals surface area (Å²) in [6.07, 6.45) is 10.7. The Bertz CT molecular complexity index is 795. The van der Waals surface area contributed by atoms with E-state index in [0.29, 0.717) is 6.04 Å². The van der Waals surface area contributed by atoms with Gasteiger partial charge in [0.25, 0.3) is 5.91 Å². The second-order valence-electron chi connectivity index (χ2n) is 9.50. The topological polar surface area (TPSA) is 76.3 Å². The predicted molar refractivity (Wildman–Crippen MR) is 139 cm³/mol. The lowest BCUT2D eigenvalue weighted by atomic mass is 10.1. The van der Waals surface area contributed by atoms with Crippen LogP contribution in [-0.2, 0) is 13.1 Å². The number of aromatic amines is 1. The minimum atomic E-state index is 0.0214. The summed E-state index contributed by atoms with van der Waals surface area (Å²) in [5.74, 6) is 1.01. The second-order valence-corrected chi connectivity index (χ2v) is 9.50. The summed E-state index contributed by atoms with van der Waals surface area (Å²) >= 11 is 0. The largest absolute Gasteiger partial charge is 0.352 e. The highest BCUT2D eigenvalue weighted by atomic mass is 16.1. The zero-order valence-electron chi connectivity index (χ0n) is 21.2. The van der Waals surface area contributed by atoms with Gasteiger partial charge in [-0.2, -0.15) is 0 Å². The number of carbonyl (C=O) groups is 1. The first-order chi connectivity index (χ1) is 16.7. The van der Waals surface area contributed by atoms with Crippen molar-refractivity contribution in [3.8, 4) is 0 Å². The van der Waals surface area contributed by atoms with E-state index in [2.05, 4.69) is 56.4 Å². The quantitative estimate of drug-likeness (QED) is 0.327. The zero-order chi connectivity index (χ0) is 24.0. The van der Waals surface area contributed by atoms with Gasteiger partial charge in [0.15, 0.2) is 0 Å². The lowest BCUT2D eigenvalue weighted by molar-refractivity contribution is 0.0952. The van der Waals surface area contributed by atoms with Gasteiger partial charge >= 0.3 is 0 Å². The molecule has 188 valence electrons. The number of rotatable bonds is 16. The van der Waals surface area contributed by atoms with Crippen LogP contribution in [0.4, 0.5) is 0 Å². The molecular weight excluding hydrogens is 424 g/mol. The van der Waals surface area contributed by atoms with Gasteiger partial charge in [-0.3, -0.25) is 9.69 Å². The van der Waals surface area contributed by atoms with Gasteiger partial charge in [0.2, 0.25) is 0 Å². The number of aromatic nitrogens is 2. The number of hydrogen-bond acceptors (Lipinski definition) is 5. The van der Waals surface area contributed by atoms with E-state index in [4.69, 9.17) is 0 Å². The van der Waals surface area contributed by atoms with Gasteiger partial charge < -0.3 is 20.5 Å². The summed E-state index contributed by atoms with van der Waals surface area (Å²) in [5.41, 5.74) is 1.95. The van der Waals surface area contributed by atoms with Crippen molar-refractivity contribution in [3.05, 3.63) is 53.6 Å². The van der Waals surface area contributed by atoms with E-state index < -0.39 is 0 Å². The Morgan fingerprint density at radius 2 is 1.85 bits per heavy atom. The number of H-pyrrole nitrogens is 1. The fourth-order valence-corrected chi connectivity index (χ4v) is 4.76. The van der Waals surface area contributed by atoms with E-state index in [-0.39, 0.29) is 5.91 Å². The molecule has 34 heavy (non-hydrogen) atoms. The molecule has 1 aliphatic rings. The number of unbranched alkanes of at least 4 members (excludes halogenated alkanes) is 1. The number of amides is 1. The van der Waals surface area contributed by atoms with Crippen molar-refractivity contribution in [1.82, 2.24) is 30.4 Å². The summed E-state index contributed by atoms with van der Waals surface area (Å²) in [4.78, 5) is 25.1. The van der Waals surface area contributed by atoms with Gasteiger partial charge in [0.1, 0.15) is 5.82 Å². The van der Waals surface area contributed by atoms with Crippen molar-refractivity contribution < 1.29 is 4.79 Å². The van der Waals surface area contributed by atoms with Crippen molar-refractivity contribution in [2.45, 2.75) is 71.5 Å². The van der Waals surface area contributed by atoms with Crippen LogP contribution in [-0.4, -0.2) is 71.0 Å². The maximum absolute atomic E-state index is 12.6. The van der Waals surface area contributed by atoms with Crippen LogP contribution in [0.15, 0.2) is 36.7 Å². The molecule has 0 unspecified atom stereocenters. The molecule has 0 radical (unpaired) electrons. The van der Waals surface area contributed by atoms with Crippen LogP contribution < -0.4 is 10.6 Å². The first-order valence-electron chi connectivity index (χ1n) is 13.2. The van der Waals surface area contributed by atoms with Crippen LogP contribution >= 0.6 is 0 Å². The van der Waals surface area contributed by atoms with E-state index in [1.165, 1.54) is 44.3 Å². The molecule has 0 aliphatic carbocycles. The molecule has 1 atom stereocenters. The van der Waals surface area contributed by atoms with Crippen molar-refractivity contribution in [1.29, 1.82) is 0 Å². The number of nitrogens with one attached hydrogen (secondary N) is 3. The Hall–Kier alpha value is -2.22. The maximum atomic E-state index is 12.6. The van der Waals surface area contributed by atoms with Crippen LogP contribution in [0.3, 0.4) is 0 Å². The van der Waals surface area contributed by atoms with Gasteiger partial charge in [-0.15, -0.1) is 0 Å². The molecule has 3 N–H and O–H groups in total. The van der Waals surface area contributed by atoms with Gasteiger partial charge in [-0.1, -0.05) is 26.0 Å². The van der Waals surface area contributed by atoms with Gasteiger partial charge in [0, 0.05) is 43.6 Å². The number of nitrogens with zero attached hydrogens (tertiary/aromatic N) is 3. The van der Waals surface area contributed by atoms with Crippen LogP contribution in [0.5, 0.6) is 0 Å². The third-order valence-corrected chi connectivity index (χ3v) is 6.46. The van der Waals surface area contributed by atoms with Gasteiger partial charge in [-0.05, 0) is 82.4 Å². The van der Waals surface area contributed by atoms with Crippen LogP contribution in [0.1, 0.15) is 74.1 Å². The number of hydrogen-bond donors (Lipinski definition) is 3. The average Bonchev–Trinajstić information content (AvgIpc) is 3.54. The molecular formula is C27H44N6O. The average molecular weight is 469 g/mol. The predicted octanol–water partition coefficient (Wildman–Crippen LogP) is 3.80. The molecule has 1 aromatic heterocycles. The molecule has 2 aromatic rings. The zero-order valence-corrected chi connectivity index (χ0v) is 21.2. The highest BCUT2D eigenvalue weighted by Crippen LogP contribution is 2.14. The molecule has 0 spiro atoms. The third-order valence-electron chi connectivity index (χ3n) is 6.46. The Morgan fingerprint density at radius 1 is 1.06 bits per heavy atom.